The van der Waals surface area contributed by atoms with Crippen LogP contribution in [0.2, 0.25) is 0 Å². The number of aliphatic carboxylic acids is 1. The van der Waals surface area contributed by atoms with Gasteiger partial charge in [0.15, 0.2) is 0 Å². The van der Waals surface area contributed by atoms with Gasteiger partial charge < -0.3 is 10.0 Å². The maximum atomic E-state index is 11.5. The monoisotopic (exact) mass is 285 g/mol. The van der Waals surface area contributed by atoms with E-state index in [2.05, 4.69) is 36.0 Å². The summed E-state index contributed by atoms with van der Waals surface area (Å²) in [4.78, 5) is 16.3. The Kier molecular flexibility index (Phi) is 5.58. The Hall–Kier alpha value is -0.650. The van der Waals surface area contributed by atoms with Crippen molar-refractivity contribution in [1.29, 1.82) is 0 Å². The van der Waals surface area contributed by atoms with Crippen LogP contribution in [0.1, 0.15) is 41.0 Å². The first-order valence-corrected chi connectivity index (χ1v) is 7.51. The zero-order valence-corrected chi connectivity index (χ0v) is 13.9. The molecule has 1 fully saturated rings. The molecular formula is C15H31N3O2. The number of carbonyl (C=O) groups is 1. The van der Waals surface area contributed by atoms with Crippen molar-refractivity contribution in [2.24, 2.45) is 0 Å². The molecule has 0 radical (unpaired) electrons. The van der Waals surface area contributed by atoms with Crippen molar-refractivity contribution >= 4 is 5.97 Å². The summed E-state index contributed by atoms with van der Waals surface area (Å²) >= 11 is 0. The molecule has 0 aliphatic carbocycles. The second-order valence-corrected chi connectivity index (χ2v) is 7.20. The van der Waals surface area contributed by atoms with Gasteiger partial charge in [-0.3, -0.25) is 15.0 Å². The van der Waals surface area contributed by atoms with E-state index in [1.165, 1.54) is 0 Å². The maximum Gasteiger partial charge on any atom is 0.323 e. The Morgan fingerprint density at radius 2 is 2.00 bits per heavy atom. The number of nitrogens with one attached hydrogen (secondary N) is 1. The van der Waals surface area contributed by atoms with E-state index in [-0.39, 0.29) is 11.6 Å². The number of rotatable bonds is 6. The van der Waals surface area contributed by atoms with Crippen molar-refractivity contribution < 1.29 is 9.90 Å². The molecule has 1 aliphatic heterocycles. The number of nitrogens with zero attached hydrogens (tertiary/aromatic N) is 2. The van der Waals surface area contributed by atoms with E-state index in [1.54, 1.807) is 6.92 Å². The molecule has 0 amide bonds. The second-order valence-electron chi connectivity index (χ2n) is 7.20. The lowest BCUT2D eigenvalue weighted by Crippen LogP contribution is -2.59. The van der Waals surface area contributed by atoms with E-state index in [4.69, 9.17) is 0 Å². The number of carboxylic acid groups (broad SMARTS) is 1. The van der Waals surface area contributed by atoms with Gasteiger partial charge in [0.25, 0.3) is 0 Å². The van der Waals surface area contributed by atoms with Crippen molar-refractivity contribution in [3.05, 3.63) is 0 Å². The second kappa shape index (κ2) is 6.41. The van der Waals surface area contributed by atoms with Crippen LogP contribution in [0.4, 0.5) is 0 Å². The van der Waals surface area contributed by atoms with Crippen molar-refractivity contribution in [2.75, 3.05) is 33.2 Å². The Bertz CT molecular complexity index is 344. The lowest BCUT2D eigenvalue weighted by Gasteiger charge is -2.46. The summed E-state index contributed by atoms with van der Waals surface area (Å²) in [6.07, 6.45) is 0.625. The van der Waals surface area contributed by atoms with E-state index in [0.717, 1.165) is 26.2 Å². The van der Waals surface area contributed by atoms with Gasteiger partial charge in [0.05, 0.1) is 0 Å². The molecule has 0 aromatic carbocycles. The van der Waals surface area contributed by atoms with E-state index in [0.29, 0.717) is 6.42 Å². The van der Waals surface area contributed by atoms with Crippen LogP contribution < -0.4 is 5.32 Å². The molecule has 2 N–H and O–H groups in total. The lowest BCUT2D eigenvalue weighted by molar-refractivity contribution is -0.145. The van der Waals surface area contributed by atoms with Gasteiger partial charge in [-0.1, -0.05) is 0 Å². The molecule has 0 saturated carbocycles. The van der Waals surface area contributed by atoms with E-state index >= 15 is 0 Å². The zero-order valence-electron chi connectivity index (χ0n) is 13.9. The minimum Gasteiger partial charge on any atom is -0.480 e. The average molecular weight is 285 g/mol. The summed E-state index contributed by atoms with van der Waals surface area (Å²) in [5.41, 5.74) is -0.689. The summed E-state index contributed by atoms with van der Waals surface area (Å²) in [5, 5.41) is 12.7. The highest BCUT2D eigenvalue weighted by atomic mass is 16.4. The van der Waals surface area contributed by atoms with Crippen LogP contribution in [0, 0.1) is 0 Å². The molecule has 0 bridgehead atoms. The Morgan fingerprint density at radius 3 is 2.45 bits per heavy atom. The number of hydrogen-bond donors (Lipinski definition) is 2. The summed E-state index contributed by atoms with van der Waals surface area (Å²) in [5.74, 6) is -0.764. The van der Waals surface area contributed by atoms with Gasteiger partial charge in [0.2, 0.25) is 0 Å². The van der Waals surface area contributed by atoms with Crippen LogP contribution in [-0.2, 0) is 4.79 Å². The Labute approximate surface area is 123 Å². The normalized spacial score (nSPS) is 23.8. The first-order valence-electron chi connectivity index (χ1n) is 7.51. The molecule has 0 aromatic heterocycles. The first kappa shape index (κ1) is 17.4. The molecule has 118 valence electrons. The van der Waals surface area contributed by atoms with Gasteiger partial charge >= 0.3 is 5.97 Å². The molecular weight excluding hydrogens is 254 g/mol. The fraction of sp³-hybridized carbons (Fsp3) is 0.933. The standard InChI is InChI=1S/C15H31N3O2/c1-12(2)16-15(5,13(19)20)7-8-18-10-9-17(6)14(3,4)11-18/h12,16H,7-11H2,1-6H3,(H,19,20). The number of hydrogen-bond acceptors (Lipinski definition) is 4. The average Bonchev–Trinajstić information content (AvgIpc) is 2.29. The number of likely N-dealkylation sites (N-methyl/N-ethyl adjacent to an activating group) is 1. The molecule has 1 atom stereocenters. The first-order chi connectivity index (χ1) is 9.07. The zero-order chi connectivity index (χ0) is 15.6. The Morgan fingerprint density at radius 1 is 1.40 bits per heavy atom. The van der Waals surface area contributed by atoms with E-state index in [1.807, 2.05) is 13.8 Å². The maximum absolute atomic E-state index is 11.5. The summed E-state index contributed by atoms with van der Waals surface area (Å²) in [6.45, 7) is 14.1. The summed E-state index contributed by atoms with van der Waals surface area (Å²) in [6, 6.07) is 0.167. The number of piperazine rings is 1. The smallest absolute Gasteiger partial charge is 0.323 e. The van der Waals surface area contributed by atoms with Crippen molar-refractivity contribution in [3.63, 3.8) is 0 Å². The van der Waals surface area contributed by atoms with E-state index in [9.17, 15) is 9.90 Å². The molecule has 5 nitrogen and oxygen atoms in total. The molecule has 5 heteroatoms. The van der Waals surface area contributed by atoms with Crippen molar-refractivity contribution in [3.8, 4) is 0 Å². The van der Waals surface area contributed by atoms with Crippen LogP contribution in [0.25, 0.3) is 0 Å². The molecule has 0 spiro atoms. The van der Waals surface area contributed by atoms with Gasteiger partial charge in [-0.15, -0.1) is 0 Å². The van der Waals surface area contributed by atoms with Gasteiger partial charge in [-0.2, -0.15) is 0 Å². The fourth-order valence-corrected chi connectivity index (χ4v) is 2.79. The quantitative estimate of drug-likeness (QED) is 0.769. The molecule has 1 aliphatic rings. The molecule has 20 heavy (non-hydrogen) atoms. The summed E-state index contributed by atoms with van der Waals surface area (Å²) in [7, 11) is 2.15. The van der Waals surface area contributed by atoms with Gasteiger partial charge in [-0.05, 0) is 48.1 Å². The van der Waals surface area contributed by atoms with Gasteiger partial charge in [0.1, 0.15) is 5.54 Å². The molecule has 0 aromatic rings. The third-order valence-corrected chi connectivity index (χ3v) is 4.40. The van der Waals surface area contributed by atoms with Crippen LogP contribution in [0.3, 0.4) is 0 Å². The minimum absolute atomic E-state index is 0.156. The third-order valence-electron chi connectivity index (χ3n) is 4.40. The fourth-order valence-electron chi connectivity index (χ4n) is 2.79. The van der Waals surface area contributed by atoms with Crippen molar-refractivity contribution in [1.82, 2.24) is 15.1 Å². The third kappa shape index (κ3) is 4.43. The predicted octanol–water partition coefficient (Wildman–Crippen LogP) is 1.24. The summed E-state index contributed by atoms with van der Waals surface area (Å²) < 4.78 is 0. The van der Waals surface area contributed by atoms with Crippen LogP contribution >= 0.6 is 0 Å². The predicted molar refractivity (Wildman–Crippen MR) is 82.1 cm³/mol. The van der Waals surface area contributed by atoms with Gasteiger partial charge in [-0.25, -0.2) is 0 Å². The van der Waals surface area contributed by atoms with Crippen LogP contribution in [0.15, 0.2) is 0 Å². The molecule has 1 heterocycles. The topological polar surface area (TPSA) is 55.8 Å². The highest BCUT2D eigenvalue weighted by molar-refractivity contribution is 5.78. The Balaban J connectivity index is 2.58. The lowest BCUT2D eigenvalue weighted by atomic mass is 9.94. The molecule has 1 unspecified atom stereocenters. The minimum atomic E-state index is -0.846. The van der Waals surface area contributed by atoms with Crippen LogP contribution in [0.5, 0.6) is 0 Å². The molecule has 1 rings (SSSR count). The van der Waals surface area contributed by atoms with Crippen LogP contribution in [-0.4, -0.2) is 71.2 Å². The largest absolute Gasteiger partial charge is 0.480 e. The highest BCUT2D eigenvalue weighted by Gasteiger charge is 2.36. The van der Waals surface area contributed by atoms with Crippen molar-refractivity contribution in [2.45, 2.75) is 58.2 Å². The SMILES string of the molecule is CC(C)NC(C)(CCN1CCN(C)C(C)(C)C1)C(=O)O. The van der Waals surface area contributed by atoms with E-state index < -0.39 is 11.5 Å². The highest BCUT2D eigenvalue weighted by Crippen LogP contribution is 2.20. The van der Waals surface area contributed by atoms with Gasteiger partial charge in [0, 0.05) is 37.8 Å². The molecule has 1 saturated heterocycles. The number of carboxylic acids is 1.